The highest BCUT2D eigenvalue weighted by Gasteiger charge is 2.31. The number of nitriles is 1. The molecule has 0 radical (unpaired) electrons. The summed E-state index contributed by atoms with van der Waals surface area (Å²) in [7, 11) is 0. The fourth-order valence-electron chi connectivity index (χ4n) is 3.73. The normalized spacial score (nSPS) is 11.7. The molecule has 2 aromatic heterocycles. The van der Waals surface area contributed by atoms with Crippen LogP contribution in [0.3, 0.4) is 0 Å². The fraction of sp³-hybridized carbons (Fsp3) is 0.0370. The number of para-hydroxylation sites is 1. The van der Waals surface area contributed by atoms with Crippen molar-refractivity contribution in [1.82, 2.24) is 9.66 Å². The lowest BCUT2D eigenvalue weighted by Gasteiger charge is -2.11. The zero-order valence-corrected chi connectivity index (χ0v) is 18.4. The third-order valence-electron chi connectivity index (χ3n) is 5.44. The molecule has 5 rings (SSSR count). The fourth-order valence-corrected chi connectivity index (χ4v) is 3.73. The van der Waals surface area contributed by atoms with Gasteiger partial charge in [0.25, 0.3) is 5.56 Å². The van der Waals surface area contributed by atoms with E-state index in [1.54, 1.807) is 60.7 Å². The van der Waals surface area contributed by atoms with Crippen LogP contribution in [0.4, 0.5) is 13.2 Å². The Labute approximate surface area is 202 Å². The Hall–Kier alpha value is -4.97. The van der Waals surface area contributed by atoms with Crippen molar-refractivity contribution < 1.29 is 17.6 Å². The molecule has 0 amide bonds. The Morgan fingerprint density at radius 3 is 2.56 bits per heavy atom. The van der Waals surface area contributed by atoms with Crippen LogP contribution in [0.2, 0.25) is 0 Å². The van der Waals surface area contributed by atoms with E-state index in [1.807, 2.05) is 0 Å². The molecule has 5 aromatic rings. The molecule has 2 heterocycles. The predicted octanol–water partition coefficient (Wildman–Crippen LogP) is 6.10. The number of furan rings is 1. The van der Waals surface area contributed by atoms with Crippen molar-refractivity contribution in [3.8, 4) is 28.8 Å². The van der Waals surface area contributed by atoms with E-state index in [0.717, 1.165) is 16.8 Å². The zero-order chi connectivity index (χ0) is 25.3. The van der Waals surface area contributed by atoms with Gasteiger partial charge in [0.1, 0.15) is 11.5 Å². The number of aromatic nitrogens is 2. The monoisotopic (exact) mass is 484 g/mol. The van der Waals surface area contributed by atoms with E-state index in [4.69, 9.17) is 4.42 Å². The number of alkyl halides is 3. The molecular weight excluding hydrogens is 469 g/mol. The van der Waals surface area contributed by atoms with Crippen molar-refractivity contribution in [3.63, 3.8) is 0 Å². The van der Waals surface area contributed by atoms with Crippen molar-refractivity contribution >= 4 is 17.1 Å². The first-order valence-electron chi connectivity index (χ1n) is 10.7. The molecule has 0 fully saturated rings. The van der Waals surface area contributed by atoms with Crippen LogP contribution in [-0.2, 0) is 6.18 Å². The Kier molecular flexibility index (Phi) is 5.70. The highest BCUT2D eigenvalue weighted by atomic mass is 19.4. The number of benzene rings is 3. The van der Waals surface area contributed by atoms with Crippen LogP contribution in [0.15, 0.2) is 99.2 Å². The summed E-state index contributed by atoms with van der Waals surface area (Å²) in [5.74, 6) is 0.645. The van der Waals surface area contributed by atoms with E-state index in [-0.39, 0.29) is 22.5 Å². The molecule has 36 heavy (non-hydrogen) atoms. The number of hydrogen-bond donors (Lipinski definition) is 0. The molecule has 0 saturated heterocycles. The number of fused-ring (bicyclic) bond motifs is 1. The summed E-state index contributed by atoms with van der Waals surface area (Å²) in [4.78, 5) is 17.7. The predicted molar refractivity (Wildman–Crippen MR) is 128 cm³/mol. The average Bonchev–Trinajstić information content (AvgIpc) is 3.36. The molecule has 0 aliphatic rings. The first-order valence-corrected chi connectivity index (χ1v) is 10.7. The molecule has 0 unspecified atom stereocenters. The van der Waals surface area contributed by atoms with Gasteiger partial charge >= 0.3 is 6.18 Å². The van der Waals surface area contributed by atoms with Crippen LogP contribution in [0.5, 0.6) is 0 Å². The minimum Gasteiger partial charge on any atom is -0.455 e. The SMILES string of the molecule is N#Cc1ccccc1-c1ccc(C=Nn2c(-c3cccc(C(F)(F)F)c3)nc3ccccc3c2=O)o1. The molecule has 0 spiro atoms. The van der Waals surface area contributed by atoms with Crippen molar-refractivity contribution in [2.75, 3.05) is 0 Å². The van der Waals surface area contributed by atoms with Gasteiger partial charge in [0.05, 0.1) is 34.3 Å². The molecule has 0 saturated carbocycles. The Bertz CT molecular complexity index is 1730. The molecule has 0 aliphatic heterocycles. The molecule has 176 valence electrons. The number of rotatable bonds is 4. The highest BCUT2D eigenvalue weighted by Crippen LogP contribution is 2.32. The molecular formula is C27H15F3N4O2. The van der Waals surface area contributed by atoms with E-state index in [9.17, 15) is 23.2 Å². The van der Waals surface area contributed by atoms with Gasteiger partial charge in [-0.1, -0.05) is 36.4 Å². The average molecular weight is 484 g/mol. The summed E-state index contributed by atoms with van der Waals surface area (Å²) in [6.45, 7) is 0. The van der Waals surface area contributed by atoms with Crippen LogP contribution in [-0.4, -0.2) is 15.9 Å². The van der Waals surface area contributed by atoms with Crippen LogP contribution in [0, 0.1) is 11.3 Å². The van der Waals surface area contributed by atoms with Crippen LogP contribution in [0.1, 0.15) is 16.9 Å². The van der Waals surface area contributed by atoms with Gasteiger partial charge in [0.15, 0.2) is 5.82 Å². The van der Waals surface area contributed by atoms with Gasteiger partial charge in [-0.25, -0.2) is 4.98 Å². The van der Waals surface area contributed by atoms with Gasteiger partial charge < -0.3 is 4.42 Å². The summed E-state index contributed by atoms with van der Waals surface area (Å²) in [6, 6.07) is 23.3. The standard InChI is InChI=1S/C27H15F3N4O2/c28-27(29,30)19-8-5-7-17(14-19)25-33-23-11-4-3-10-22(23)26(35)34(25)32-16-20-12-13-24(36-20)21-9-2-1-6-18(21)15-31/h1-14,16H. The summed E-state index contributed by atoms with van der Waals surface area (Å²) in [5.41, 5.74) is 0.00395. The van der Waals surface area contributed by atoms with Crippen molar-refractivity contribution in [3.05, 3.63) is 112 Å². The second-order valence-electron chi connectivity index (χ2n) is 7.75. The molecule has 0 bridgehead atoms. The molecule has 6 nitrogen and oxygen atoms in total. The number of hydrogen-bond acceptors (Lipinski definition) is 5. The van der Waals surface area contributed by atoms with Crippen molar-refractivity contribution in [1.29, 1.82) is 5.26 Å². The van der Waals surface area contributed by atoms with E-state index in [2.05, 4.69) is 16.2 Å². The molecule has 3 aromatic carbocycles. The second kappa shape index (κ2) is 9.00. The van der Waals surface area contributed by atoms with Gasteiger partial charge in [-0.2, -0.15) is 28.2 Å². The summed E-state index contributed by atoms with van der Waals surface area (Å²) in [5, 5.41) is 13.8. The molecule has 0 N–H and O–H groups in total. The van der Waals surface area contributed by atoms with Crippen molar-refractivity contribution in [2.24, 2.45) is 5.10 Å². The Morgan fingerprint density at radius 1 is 0.972 bits per heavy atom. The van der Waals surface area contributed by atoms with Gasteiger partial charge in [-0.15, -0.1) is 0 Å². The lowest BCUT2D eigenvalue weighted by molar-refractivity contribution is -0.137. The topological polar surface area (TPSA) is 84.2 Å². The first-order chi connectivity index (χ1) is 17.3. The Balaban J connectivity index is 1.62. The maximum atomic E-state index is 13.3. The lowest BCUT2D eigenvalue weighted by Crippen LogP contribution is -2.20. The van der Waals surface area contributed by atoms with Gasteiger partial charge in [-0.3, -0.25) is 4.79 Å². The maximum absolute atomic E-state index is 13.3. The van der Waals surface area contributed by atoms with E-state index >= 15 is 0 Å². The molecule has 0 atom stereocenters. The highest BCUT2D eigenvalue weighted by molar-refractivity contribution is 5.81. The third-order valence-corrected chi connectivity index (χ3v) is 5.44. The Morgan fingerprint density at radius 2 is 1.75 bits per heavy atom. The van der Waals surface area contributed by atoms with E-state index in [1.165, 1.54) is 18.3 Å². The second-order valence-corrected chi connectivity index (χ2v) is 7.75. The quantitative estimate of drug-likeness (QED) is 0.289. The summed E-state index contributed by atoms with van der Waals surface area (Å²) >= 11 is 0. The molecule has 0 aliphatic carbocycles. The number of nitrogens with zero attached hydrogens (tertiary/aromatic N) is 4. The van der Waals surface area contributed by atoms with Crippen LogP contribution < -0.4 is 5.56 Å². The summed E-state index contributed by atoms with van der Waals surface area (Å²) < 4.78 is 46.7. The largest absolute Gasteiger partial charge is 0.455 e. The van der Waals surface area contributed by atoms with Gasteiger partial charge in [0.2, 0.25) is 0 Å². The van der Waals surface area contributed by atoms with E-state index < -0.39 is 17.3 Å². The smallest absolute Gasteiger partial charge is 0.416 e. The lowest BCUT2D eigenvalue weighted by atomic mass is 10.1. The maximum Gasteiger partial charge on any atom is 0.416 e. The van der Waals surface area contributed by atoms with Crippen molar-refractivity contribution in [2.45, 2.75) is 6.18 Å². The first kappa shape index (κ1) is 22.8. The minimum absolute atomic E-state index is 0.0531. The molecule has 9 heteroatoms. The van der Waals surface area contributed by atoms with E-state index in [0.29, 0.717) is 22.4 Å². The van der Waals surface area contributed by atoms with Gasteiger partial charge in [0, 0.05) is 11.1 Å². The van der Waals surface area contributed by atoms with Crippen LogP contribution >= 0.6 is 0 Å². The van der Waals surface area contributed by atoms with Crippen LogP contribution in [0.25, 0.3) is 33.6 Å². The third kappa shape index (κ3) is 4.28. The zero-order valence-electron chi connectivity index (χ0n) is 18.4. The van der Waals surface area contributed by atoms with Gasteiger partial charge in [-0.05, 0) is 48.5 Å². The number of halogens is 3. The minimum atomic E-state index is -4.56. The summed E-state index contributed by atoms with van der Waals surface area (Å²) in [6.07, 6.45) is -3.29.